The number of aromatic nitrogens is 2. The van der Waals surface area contributed by atoms with Crippen LogP contribution in [0.4, 0.5) is 0 Å². The second-order valence-electron chi connectivity index (χ2n) is 7.90. The highest BCUT2D eigenvalue weighted by atomic mass is 32.1. The smallest absolute Gasteiger partial charge is 0.169 e. The molecular weight excluding hydrogens is 388 g/mol. The molecule has 0 amide bonds. The first kappa shape index (κ1) is 18.8. The second-order valence-corrected chi connectivity index (χ2v) is 8.28. The van der Waals surface area contributed by atoms with Crippen LogP contribution in [0, 0.1) is 13.8 Å². The number of likely N-dealkylation sites (N-methyl/N-ethyl adjacent to an activating group) is 1. The molecule has 1 fully saturated rings. The topological polar surface area (TPSA) is 33.1 Å². The summed E-state index contributed by atoms with van der Waals surface area (Å²) in [6.07, 6.45) is 1.84. The summed E-state index contributed by atoms with van der Waals surface area (Å²) in [6, 6.07) is 23.5. The Bertz CT molecular complexity index is 1240. The Morgan fingerprint density at radius 1 is 0.967 bits per heavy atom. The molecule has 0 saturated carbocycles. The fraction of sp³-hybridized carbons (Fsp3) is 0.200. The van der Waals surface area contributed by atoms with E-state index < -0.39 is 0 Å². The van der Waals surface area contributed by atoms with Crippen LogP contribution in [0.25, 0.3) is 16.5 Å². The van der Waals surface area contributed by atoms with Crippen molar-refractivity contribution in [2.75, 3.05) is 7.05 Å². The van der Waals surface area contributed by atoms with Crippen LogP contribution in [-0.4, -0.2) is 26.6 Å². The molecule has 0 aliphatic carbocycles. The molecule has 4 nitrogen and oxygen atoms in total. The largest absolute Gasteiger partial charge is 0.352 e. The number of aryl methyl sites for hydroxylation is 1. The van der Waals surface area contributed by atoms with Gasteiger partial charge >= 0.3 is 0 Å². The van der Waals surface area contributed by atoms with Crippen molar-refractivity contribution in [3.63, 3.8) is 0 Å². The van der Waals surface area contributed by atoms with E-state index >= 15 is 0 Å². The lowest BCUT2D eigenvalue weighted by Gasteiger charge is -2.24. The number of nitrogens with zero attached hydrogens (tertiary/aromatic N) is 3. The van der Waals surface area contributed by atoms with Crippen LogP contribution in [-0.2, 0) is 0 Å². The van der Waals surface area contributed by atoms with Gasteiger partial charge in [-0.3, -0.25) is 4.98 Å². The van der Waals surface area contributed by atoms with Crippen molar-refractivity contribution in [2.45, 2.75) is 25.9 Å². The quantitative estimate of drug-likeness (QED) is 0.466. The minimum absolute atomic E-state index is 0.0187. The predicted molar refractivity (Wildman–Crippen MR) is 126 cm³/mol. The van der Waals surface area contributed by atoms with Gasteiger partial charge in [0.2, 0.25) is 0 Å². The minimum Gasteiger partial charge on any atom is -0.352 e. The first-order valence-electron chi connectivity index (χ1n) is 10.2. The lowest BCUT2D eigenvalue weighted by molar-refractivity contribution is 0.367. The average Bonchev–Trinajstić information content (AvgIpc) is 3.23. The number of thiocarbonyl (C=S) groups is 1. The molecule has 150 valence electrons. The summed E-state index contributed by atoms with van der Waals surface area (Å²) in [5.41, 5.74) is 5.92. The molecule has 1 N–H and O–H groups in total. The summed E-state index contributed by atoms with van der Waals surface area (Å²) in [5.74, 6) is 0. The molecule has 0 spiro atoms. The summed E-state index contributed by atoms with van der Waals surface area (Å²) < 4.78 is 2.36. The first-order valence-corrected chi connectivity index (χ1v) is 10.6. The molecule has 2 aromatic carbocycles. The third kappa shape index (κ3) is 2.89. The van der Waals surface area contributed by atoms with Crippen LogP contribution in [0.1, 0.15) is 34.7 Å². The number of hydrogen-bond donors (Lipinski definition) is 1. The maximum absolute atomic E-state index is 5.62. The van der Waals surface area contributed by atoms with Gasteiger partial charge in [-0.15, -0.1) is 0 Å². The molecule has 0 bridgehead atoms. The Hall–Kier alpha value is -3.18. The Kier molecular flexibility index (Phi) is 4.55. The van der Waals surface area contributed by atoms with Gasteiger partial charge in [0.05, 0.1) is 23.5 Å². The molecule has 2 atom stereocenters. The van der Waals surface area contributed by atoms with E-state index in [4.69, 9.17) is 12.2 Å². The highest BCUT2D eigenvalue weighted by molar-refractivity contribution is 7.80. The van der Waals surface area contributed by atoms with Crippen LogP contribution in [0.2, 0.25) is 0 Å². The Balaban J connectivity index is 1.67. The molecule has 5 heteroatoms. The number of hydrogen-bond acceptors (Lipinski definition) is 2. The van der Waals surface area contributed by atoms with Crippen LogP contribution in [0.3, 0.4) is 0 Å². The molecule has 3 heterocycles. The highest BCUT2D eigenvalue weighted by Crippen LogP contribution is 2.40. The van der Waals surface area contributed by atoms with E-state index in [2.05, 4.69) is 95.3 Å². The monoisotopic (exact) mass is 412 g/mol. The number of rotatable bonds is 3. The highest BCUT2D eigenvalue weighted by Gasteiger charge is 2.39. The maximum atomic E-state index is 5.62. The van der Waals surface area contributed by atoms with Crippen molar-refractivity contribution in [1.29, 1.82) is 0 Å². The van der Waals surface area contributed by atoms with Gasteiger partial charge in [-0.2, -0.15) is 0 Å². The van der Waals surface area contributed by atoms with E-state index in [0.29, 0.717) is 0 Å². The summed E-state index contributed by atoms with van der Waals surface area (Å²) in [5, 5.41) is 6.73. The van der Waals surface area contributed by atoms with Gasteiger partial charge in [0.15, 0.2) is 5.11 Å². The van der Waals surface area contributed by atoms with Crippen molar-refractivity contribution < 1.29 is 0 Å². The predicted octanol–water partition coefficient (Wildman–Crippen LogP) is 5.24. The standard InChI is InChI=1S/C25H24N4S/c1-16-15-20(24-23(27-25(30)28(24)3)21-12-6-7-14-26-21)17(2)29(16)22-13-8-10-18-9-4-5-11-19(18)22/h4-15,23-24H,1-3H3,(H,27,30)/t23-,24-/m0/s1. The van der Waals surface area contributed by atoms with E-state index in [-0.39, 0.29) is 12.1 Å². The van der Waals surface area contributed by atoms with Gasteiger partial charge in [-0.05, 0) is 61.3 Å². The van der Waals surface area contributed by atoms with Crippen molar-refractivity contribution in [1.82, 2.24) is 19.8 Å². The van der Waals surface area contributed by atoms with Gasteiger partial charge in [0, 0.05) is 30.0 Å². The fourth-order valence-electron chi connectivity index (χ4n) is 4.71. The van der Waals surface area contributed by atoms with E-state index in [1.165, 1.54) is 33.4 Å². The van der Waals surface area contributed by atoms with Crippen LogP contribution < -0.4 is 5.32 Å². The normalized spacial score (nSPS) is 18.8. The summed E-state index contributed by atoms with van der Waals surface area (Å²) in [7, 11) is 2.06. The number of fused-ring (bicyclic) bond motifs is 1. The molecule has 30 heavy (non-hydrogen) atoms. The molecule has 4 aromatic rings. The molecule has 5 rings (SSSR count). The van der Waals surface area contributed by atoms with Gasteiger partial charge in [-0.25, -0.2) is 0 Å². The Labute approximate surface area is 182 Å². The summed E-state index contributed by atoms with van der Waals surface area (Å²) in [4.78, 5) is 6.76. The second kappa shape index (κ2) is 7.26. The zero-order chi connectivity index (χ0) is 20.8. The van der Waals surface area contributed by atoms with Crippen LogP contribution in [0.5, 0.6) is 0 Å². The number of benzene rings is 2. The Morgan fingerprint density at radius 3 is 2.53 bits per heavy atom. The Morgan fingerprint density at radius 2 is 1.73 bits per heavy atom. The lowest BCUT2D eigenvalue weighted by Crippen LogP contribution is -2.25. The average molecular weight is 413 g/mol. The van der Waals surface area contributed by atoms with Crippen LogP contribution in [0.15, 0.2) is 72.9 Å². The molecule has 1 aliphatic heterocycles. The first-order chi connectivity index (χ1) is 14.6. The zero-order valence-electron chi connectivity index (χ0n) is 17.3. The zero-order valence-corrected chi connectivity index (χ0v) is 18.1. The van der Waals surface area contributed by atoms with E-state index in [1.807, 2.05) is 18.3 Å². The third-order valence-corrected chi connectivity index (χ3v) is 6.54. The molecule has 1 aliphatic rings. The van der Waals surface area contributed by atoms with Crippen molar-refractivity contribution in [3.05, 3.63) is 95.6 Å². The minimum atomic E-state index is 0.0187. The van der Waals surface area contributed by atoms with Gasteiger partial charge in [-0.1, -0.05) is 42.5 Å². The fourth-order valence-corrected chi connectivity index (χ4v) is 4.95. The van der Waals surface area contributed by atoms with Gasteiger partial charge in [0.1, 0.15) is 0 Å². The van der Waals surface area contributed by atoms with Crippen molar-refractivity contribution in [3.8, 4) is 5.69 Å². The molecule has 0 radical (unpaired) electrons. The number of nitrogens with one attached hydrogen (secondary N) is 1. The molecule has 2 aromatic heterocycles. The van der Waals surface area contributed by atoms with Gasteiger partial charge < -0.3 is 14.8 Å². The van der Waals surface area contributed by atoms with Gasteiger partial charge in [0.25, 0.3) is 0 Å². The number of pyridine rings is 1. The molecule has 0 unspecified atom stereocenters. The SMILES string of the molecule is Cc1cc([C@H]2[C@H](c3ccccn3)NC(=S)N2C)c(C)n1-c1cccc2ccccc12. The maximum Gasteiger partial charge on any atom is 0.169 e. The van der Waals surface area contributed by atoms with E-state index in [0.717, 1.165) is 10.8 Å². The van der Waals surface area contributed by atoms with Crippen molar-refractivity contribution >= 4 is 28.1 Å². The van der Waals surface area contributed by atoms with E-state index in [1.54, 1.807) is 0 Å². The third-order valence-electron chi connectivity index (χ3n) is 6.14. The molecular formula is C25H24N4S. The van der Waals surface area contributed by atoms with E-state index in [9.17, 15) is 0 Å². The lowest BCUT2D eigenvalue weighted by atomic mass is 9.97. The molecule has 1 saturated heterocycles. The van der Waals surface area contributed by atoms with Crippen molar-refractivity contribution in [2.24, 2.45) is 0 Å². The summed E-state index contributed by atoms with van der Waals surface area (Å²) >= 11 is 5.62. The van der Waals surface area contributed by atoms with Crippen LogP contribution >= 0.6 is 12.2 Å². The summed E-state index contributed by atoms with van der Waals surface area (Å²) in [6.45, 7) is 4.38.